The van der Waals surface area contributed by atoms with Gasteiger partial charge in [0.1, 0.15) is 5.76 Å². The van der Waals surface area contributed by atoms with Gasteiger partial charge in [0.25, 0.3) is 11.7 Å². The third-order valence-corrected chi connectivity index (χ3v) is 6.34. The first-order chi connectivity index (χ1) is 16.4. The second-order valence-corrected chi connectivity index (χ2v) is 8.56. The van der Waals surface area contributed by atoms with Crippen LogP contribution in [-0.2, 0) is 14.3 Å². The van der Waals surface area contributed by atoms with Crippen LogP contribution in [0.1, 0.15) is 29.2 Å². The van der Waals surface area contributed by atoms with Gasteiger partial charge >= 0.3 is 0 Å². The summed E-state index contributed by atoms with van der Waals surface area (Å²) in [4.78, 5) is 29.9. The standard InChI is InChI=1S/C26H29FN2O5/c1-17-4-6-18(7-5-17)23-22(24(30)19-8-9-21(33-2)20(27)16-19)25(31)26(32)29(23)11-3-10-28-12-14-34-15-13-28/h4-9,16,23,30H,3,10-15H2,1-2H3/t23-/m1/s1. The number of hydrogen-bond acceptors (Lipinski definition) is 6. The van der Waals surface area contributed by atoms with Crippen molar-refractivity contribution in [2.45, 2.75) is 19.4 Å². The molecular weight excluding hydrogens is 439 g/mol. The number of Topliss-reactive ketones (excluding diaryl/α,β-unsaturated/α-hetero) is 1. The molecule has 0 radical (unpaired) electrons. The molecule has 2 aromatic rings. The van der Waals surface area contributed by atoms with E-state index in [9.17, 15) is 19.1 Å². The number of carbonyl (C=O) groups is 2. The lowest BCUT2D eigenvalue weighted by Crippen LogP contribution is -2.38. The molecule has 0 bridgehead atoms. The molecule has 180 valence electrons. The summed E-state index contributed by atoms with van der Waals surface area (Å²) >= 11 is 0. The third kappa shape index (κ3) is 4.83. The first-order valence-corrected chi connectivity index (χ1v) is 11.4. The molecular formula is C26H29FN2O5. The minimum atomic E-state index is -0.773. The summed E-state index contributed by atoms with van der Waals surface area (Å²) < 4.78 is 24.6. The van der Waals surface area contributed by atoms with Crippen LogP contribution in [0.15, 0.2) is 48.0 Å². The third-order valence-electron chi connectivity index (χ3n) is 6.34. The van der Waals surface area contributed by atoms with Crippen LogP contribution >= 0.6 is 0 Å². The maximum absolute atomic E-state index is 14.3. The fraction of sp³-hybridized carbons (Fsp3) is 0.385. The first-order valence-electron chi connectivity index (χ1n) is 11.4. The number of ether oxygens (including phenoxy) is 2. The molecule has 2 heterocycles. The Balaban J connectivity index is 1.68. The Hall–Kier alpha value is -3.23. The van der Waals surface area contributed by atoms with Crippen molar-refractivity contribution in [2.24, 2.45) is 0 Å². The minimum Gasteiger partial charge on any atom is -0.507 e. The number of hydrogen-bond donors (Lipinski definition) is 1. The molecule has 0 saturated carbocycles. The van der Waals surface area contributed by atoms with Crippen molar-refractivity contribution in [3.8, 4) is 5.75 Å². The lowest BCUT2D eigenvalue weighted by molar-refractivity contribution is -0.140. The van der Waals surface area contributed by atoms with Crippen molar-refractivity contribution < 1.29 is 28.6 Å². The van der Waals surface area contributed by atoms with Gasteiger partial charge in [0, 0.05) is 31.7 Å². The number of amides is 1. The van der Waals surface area contributed by atoms with Crippen LogP contribution in [-0.4, -0.2) is 73.1 Å². The lowest BCUT2D eigenvalue weighted by Gasteiger charge is -2.29. The molecule has 34 heavy (non-hydrogen) atoms. The van der Waals surface area contributed by atoms with Crippen molar-refractivity contribution in [3.05, 3.63) is 70.5 Å². The molecule has 1 N–H and O–H groups in total. The molecule has 4 rings (SSSR count). The zero-order valence-electron chi connectivity index (χ0n) is 19.4. The Morgan fingerprint density at radius 1 is 1.12 bits per heavy atom. The smallest absolute Gasteiger partial charge is 0.295 e. The number of aryl methyl sites for hydroxylation is 1. The normalized spacial score (nSPS) is 20.7. The quantitative estimate of drug-likeness (QED) is 0.382. The highest BCUT2D eigenvalue weighted by atomic mass is 19.1. The SMILES string of the molecule is COc1ccc(C(O)=C2C(=O)C(=O)N(CCCN3CCOCC3)[C@@H]2c2ccc(C)cc2)cc1F. The Labute approximate surface area is 198 Å². The lowest BCUT2D eigenvalue weighted by atomic mass is 9.94. The summed E-state index contributed by atoms with van der Waals surface area (Å²) in [5.74, 6) is -2.48. The molecule has 2 aliphatic heterocycles. The summed E-state index contributed by atoms with van der Waals surface area (Å²) in [6.45, 7) is 6.12. The number of ketones is 1. The van der Waals surface area contributed by atoms with Gasteiger partial charge in [-0.15, -0.1) is 0 Å². The van der Waals surface area contributed by atoms with E-state index in [1.807, 2.05) is 31.2 Å². The Bertz CT molecular complexity index is 1090. The highest BCUT2D eigenvalue weighted by Crippen LogP contribution is 2.40. The summed E-state index contributed by atoms with van der Waals surface area (Å²) in [6.07, 6.45) is 0.673. The van der Waals surface area contributed by atoms with Gasteiger partial charge in [0.15, 0.2) is 11.6 Å². The molecule has 2 aromatic carbocycles. The second kappa shape index (κ2) is 10.4. The van der Waals surface area contributed by atoms with Crippen LogP contribution < -0.4 is 4.74 Å². The number of benzene rings is 2. The predicted molar refractivity (Wildman–Crippen MR) is 125 cm³/mol. The monoisotopic (exact) mass is 468 g/mol. The molecule has 2 aliphatic rings. The van der Waals surface area contributed by atoms with E-state index in [0.29, 0.717) is 31.7 Å². The van der Waals surface area contributed by atoms with E-state index in [-0.39, 0.29) is 16.9 Å². The van der Waals surface area contributed by atoms with Gasteiger partial charge < -0.3 is 19.5 Å². The number of likely N-dealkylation sites (tertiary alicyclic amines) is 1. The highest BCUT2D eigenvalue weighted by Gasteiger charge is 2.45. The average molecular weight is 469 g/mol. The molecule has 2 fully saturated rings. The predicted octanol–water partition coefficient (Wildman–Crippen LogP) is 3.29. The number of nitrogens with zero attached hydrogens (tertiary/aromatic N) is 2. The van der Waals surface area contributed by atoms with E-state index in [0.717, 1.165) is 31.3 Å². The summed E-state index contributed by atoms with van der Waals surface area (Å²) in [6, 6.07) is 10.7. The summed E-state index contributed by atoms with van der Waals surface area (Å²) in [5.41, 5.74) is 1.82. The molecule has 0 aromatic heterocycles. The molecule has 1 atom stereocenters. The van der Waals surface area contributed by atoms with Crippen molar-refractivity contribution in [1.29, 1.82) is 0 Å². The van der Waals surface area contributed by atoms with Crippen molar-refractivity contribution in [1.82, 2.24) is 9.80 Å². The van der Waals surface area contributed by atoms with Crippen LogP contribution in [0.3, 0.4) is 0 Å². The van der Waals surface area contributed by atoms with Gasteiger partial charge in [0.2, 0.25) is 0 Å². The van der Waals surface area contributed by atoms with E-state index in [2.05, 4.69) is 4.90 Å². The fourth-order valence-electron chi connectivity index (χ4n) is 4.46. The molecule has 0 spiro atoms. The number of methoxy groups -OCH3 is 1. The van der Waals surface area contributed by atoms with Crippen molar-refractivity contribution in [2.75, 3.05) is 46.5 Å². The van der Waals surface area contributed by atoms with Crippen molar-refractivity contribution in [3.63, 3.8) is 0 Å². The molecule has 7 nitrogen and oxygen atoms in total. The molecule has 0 aliphatic carbocycles. The van der Waals surface area contributed by atoms with Crippen LogP contribution in [0, 0.1) is 12.7 Å². The zero-order chi connectivity index (χ0) is 24.2. The summed E-state index contributed by atoms with van der Waals surface area (Å²) in [5, 5.41) is 11.1. The van der Waals surface area contributed by atoms with Crippen molar-refractivity contribution >= 4 is 17.4 Å². The second-order valence-electron chi connectivity index (χ2n) is 8.56. The van der Waals surface area contributed by atoms with Gasteiger partial charge in [-0.2, -0.15) is 0 Å². The van der Waals surface area contributed by atoms with Crippen LogP contribution in [0.2, 0.25) is 0 Å². The average Bonchev–Trinajstić information content (AvgIpc) is 3.09. The maximum atomic E-state index is 14.3. The van der Waals surface area contributed by atoms with Crippen LogP contribution in [0.4, 0.5) is 4.39 Å². The van der Waals surface area contributed by atoms with E-state index >= 15 is 0 Å². The van der Waals surface area contributed by atoms with Gasteiger partial charge in [-0.3, -0.25) is 14.5 Å². The van der Waals surface area contributed by atoms with E-state index in [4.69, 9.17) is 9.47 Å². The van der Waals surface area contributed by atoms with E-state index < -0.39 is 29.3 Å². The topological polar surface area (TPSA) is 79.3 Å². The van der Waals surface area contributed by atoms with Crippen LogP contribution in [0.25, 0.3) is 5.76 Å². The fourth-order valence-corrected chi connectivity index (χ4v) is 4.46. The first kappa shape index (κ1) is 23.9. The number of carbonyl (C=O) groups excluding carboxylic acids is 2. The number of aliphatic hydroxyl groups is 1. The molecule has 0 unspecified atom stereocenters. The molecule has 1 amide bonds. The van der Waals surface area contributed by atoms with Gasteiger partial charge in [-0.25, -0.2) is 4.39 Å². The number of rotatable bonds is 7. The Morgan fingerprint density at radius 2 is 1.82 bits per heavy atom. The molecule has 8 heteroatoms. The van der Waals surface area contributed by atoms with E-state index in [1.165, 1.54) is 24.1 Å². The minimum absolute atomic E-state index is 0.0233. The number of morpholine rings is 1. The van der Waals surface area contributed by atoms with Gasteiger partial charge in [-0.1, -0.05) is 29.8 Å². The number of halogens is 1. The molecule has 2 saturated heterocycles. The zero-order valence-corrected chi connectivity index (χ0v) is 19.4. The maximum Gasteiger partial charge on any atom is 0.295 e. The van der Waals surface area contributed by atoms with E-state index in [1.54, 1.807) is 0 Å². The largest absolute Gasteiger partial charge is 0.507 e. The Kier molecular flexibility index (Phi) is 7.29. The highest BCUT2D eigenvalue weighted by molar-refractivity contribution is 6.46. The van der Waals surface area contributed by atoms with Crippen LogP contribution in [0.5, 0.6) is 5.75 Å². The van der Waals surface area contributed by atoms with Gasteiger partial charge in [-0.05, 0) is 37.1 Å². The van der Waals surface area contributed by atoms with Gasteiger partial charge in [0.05, 0.1) is 31.9 Å². The Morgan fingerprint density at radius 3 is 2.47 bits per heavy atom. The number of aliphatic hydroxyl groups excluding tert-OH is 1. The summed E-state index contributed by atoms with van der Waals surface area (Å²) in [7, 11) is 1.35.